The summed E-state index contributed by atoms with van der Waals surface area (Å²) >= 11 is 0. The summed E-state index contributed by atoms with van der Waals surface area (Å²) in [7, 11) is 3.32. The number of hydrogen-bond acceptors (Lipinski definition) is 5. The van der Waals surface area contributed by atoms with Gasteiger partial charge in [-0.2, -0.15) is 0 Å². The molecule has 1 saturated heterocycles. The van der Waals surface area contributed by atoms with Crippen molar-refractivity contribution >= 4 is 16.9 Å². The number of likely N-dealkylation sites (tertiary alicyclic amines) is 1. The number of fused-ring (bicyclic) bond motifs is 1. The van der Waals surface area contributed by atoms with Crippen molar-refractivity contribution in [3.05, 3.63) is 36.2 Å². The fourth-order valence-corrected chi connectivity index (χ4v) is 2.96. The van der Waals surface area contributed by atoms with Gasteiger partial charge in [-0.25, -0.2) is 0 Å². The highest BCUT2D eigenvalue weighted by Crippen LogP contribution is 2.24. The van der Waals surface area contributed by atoms with E-state index in [-0.39, 0.29) is 18.1 Å². The molecule has 1 aliphatic rings. The average Bonchev–Trinajstić information content (AvgIpc) is 2.97. The lowest BCUT2D eigenvalue weighted by atomic mass is 10.1. The molecule has 1 fully saturated rings. The van der Waals surface area contributed by atoms with Crippen LogP contribution >= 0.6 is 0 Å². The van der Waals surface area contributed by atoms with E-state index in [2.05, 4.69) is 9.97 Å². The largest absolute Gasteiger partial charge is 0.383 e. The Morgan fingerprint density at radius 1 is 1.32 bits per heavy atom. The molecule has 1 aromatic carbocycles. The van der Waals surface area contributed by atoms with Crippen LogP contribution < -0.4 is 0 Å². The van der Waals surface area contributed by atoms with Crippen LogP contribution in [0, 0.1) is 0 Å². The van der Waals surface area contributed by atoms with Crippen LogP contribution in [-0.4, -0.2) is 60.3 Å². The topological polar surface area (TPSA) is 64.6 Å². The van der Waals surface area contributed by atoms with Gasteiger partial charge in [0.1, 0.15) is 5.52 Å². The lowest BCUT2D eigenvalue weighted by molar-refractivity contribution is 0.0614. The Morgan fingerprint density at radius 2 is 2.14 bits per heavy atom. The van der Waals surface area contributed by atoms with Crippen molar-refractivity contribution in [1.29, 1.82) is 0 Å². The summed E-state index contributed by atoms with van der Waals surface area (Å²) in [6, 6.07) is 5.51. The van der Waals surface area contributed by atoms with E-state index in [4.69, 9.17) is 9.47 Å². The summed E-state index contributed by atoms with van der Waals surface area (Å²) < 4.78 is 10.7. The van der Waals surface area contributed by atoms with Crippen LogP contribution in [0.2, 0.25) is 0 Å². The van der Waals surface area contributed by atoms with E-state index in [1.54, 1.807) is 32.7 Å². The number of hydrogen-bond donors (Lipinski definition) is 0. The summed E-state index contributed by atoms with van der Waals surface area (Å²) in [5, 5.41) is 0. The molecular weight excluding hydrogens is 282 g/mol. The number of rotatable bonds is 4. The number of nitrogens with zero attached hydrogens (tertiary/aromatic N) is 3. The van der Waals surface area contributed by atoms with Crippen molar-refractivity contribution in [3.8, 4) is 0 Å². The Balaban J connectivity index is 1.94. The first kappa shape index (κ1) is 14.9. The maximum atomic E-state index is 13.0. The molecule has 0 radical (unpaired) electrons. The molecule has 116 valence electrons. The first-order chi connectivity index (χ1) is 10.7. The SMILES string of the molecule is COC[C@@H]1C[C@@H](OC)CN1C(=O)c1cccc2nccnc12. The number of aromatic nitrogens is 2. The van der Waals surface area contributed by atoms with Gasteiger partial charge in [0.15, 0.2) is 0 Å². The highest BCUT2D eigenvalue weighted by Gasteiger charge is 2.36. The minimum Gasteiger partial charge on any atom is -0.383 e. The minimum absolute atomic E-state index is 0.0226. The van der Waals surface area contributed by atoms with Crippen LogP contribution in [0.4, 0.5) is 0 Å². The third-order valence-electron chi connectivity index (χ3n) is 4.06. The molecule has 0 N–H and O–H groups in total. The molecule has 0 unspecified atom stereocenters. The van der Waals surface area contributed by atoms with E-state index in [0.29, 0.717) is 24.2 Å². The van der Waals surface area contributed by atoms with Crippen molar-refractivity contribution in [2.24, 2.45) is 0 Å². The lowest BCUT2D eigenvalue weighted by Gasteiger charge is -2.24. The Hall–Kier alpha value is -2.05. The van der Waals surface area contributed by atoms with Gasteiger partial charge in [0.25, 0.3) is 5.91 Å². The van der Waals surface area contributed by atoms with Crippen molar-refractivity contribution in [2.45, 2.75) is 18.6 Å². The van der Waals surface area contributed by atoms with Gasteiger partial charge < -0.3 is 14.4 Å². The number of para-hydroxylation sites is 1. The van der Waals surface area contributed by atoms with E-state index < -0.39 is 0 Å². The van der Waals surface area contributed by atoms with Crippen LogP contribution in [0.5, 0.6) is 0 Å². The number of benzene rings is 1. The summed E-state index contributed by atoms with van der Waals surface area (Å²) in [5.41, 5.74) is 1.93. The van der Waals surface area contributed by atoms with Crippen molar-refractivity contribution in [1.82, 2.24) is 14.9 Å². The van der Waals surface area contributed by atoms with Gasteiger partial charge in [0.2, 0.25) is 0 Å². The summed E-state index contributed by atoms with van der Waals surface area (Å²) in [6.45, 7) is 1.07. The molecule has 1 aliphatic heterocycles. The fraction of sp³-hybridized carbons (Fsp3) is 0.438. The Morgan fingerprint density at radius 3 is 2.91 bits per heavy atom. The zero-order chi connectivity index (χ0) is 15.5. The van der Waals surface area contributed by atoms with Crippen LogP contribution in [0.25, 0.3) is 11.0 Å². The summed E-state index contributed by atoms with van der Waals surface area (Å²) in [6.07, 6.45) is 4.06. The van der Waals surface area contributed by atoms with Gasteiger partial charge in [0, 0.05) is 33.2 Å². The van der Waals surface area contributed by atoms with Gasteiger partial charge >= 0.3 is 0 Å². The second kappa shape index (κ2) is 6.37. The molecule has 22 heavy (non-hydrogen) atoms. The molecule has 1 aromatic heterocycles. The standard InChI is InChI=1S/C16H19N3O3/c1-21-10-11-8-12(22-2)9-19(11)16(20)13-4-3-5-14-15(13)18-7-6-17-14/h3-7,11-12H,8-10H2,1-2H3/t11-,12+/m0/s1. The number of amides is 1. The van der Waals surface area contributed by atoms with E-state index in [9.17, 15) is 4.79 Å². The predicted octanol–water partition coefficient (Wildman–Crippen LogP) is 1.51. The maximum Gasteiger partial charge on any atom is 0.256 e. The molecule has 1 amide bonds. The molecule has 0 bridgehead atoms. The molecule has 6 nitrogen and oxygen atoms in total. The highest BCUT2D eigenvalue weighted by atomic mass is 16.5. The van der Waals surface area contributed by atoms with Gasteiger partial charge in [-0.3, -0.25) is 14.8 Å². The van der Waals surface area contributed by atoms with Gasteiger partial charge in [-0.1, -0.05) is 6.07 Å². The number of carbonyl (C=O) groups excluding carboxylic acids is 1. The fourth-order valence-electron chi connectivity index (χ4n) is 2.96. The molecule has 6 heteroatoms. The molecule has 2 atom stereocenters. The van der Waals surface area contributed by atoms with E-state index in [0.717, 1.165) is 11.9 Å². The molecule has 0 aliphatic carbocycles. The quantitative estimate of drug-likeness (QED) is 0.856. The van der Waals surface area contributed by atoms with Crippen LogP contribution in [0.15, 0.2) is 30.6 Å². The van der Waals surface area contributed by atoms with Crippen molar-refractivity contribution < 1.29 is 14.3 Å². The molecule has 3 rings (SSSR count). The lowest BCUT2D eigenvalue weighted by Crippen LogP contribution is -2.38. The molecule has 2 heterocycles. The van der Waals surface area contributed by atoms with Crippen LogP contribution in [-0.2, 0) is 9.47 Å². The summed E-state index contributed by atoms with van der Waals surface area (Å²) in [5.74, 6) is -0.0484. The van der Waals surface area contributed by atoms with E-state index in [1.807, 2.05) is 17.0 Å². The van der Waals surface area contributed by atoms with Crippen LogP contribution in [0.1, 0.15) is 16.8 Å². The highest BCUT2D eigenvalue weighted by molar-refractivity contribution is 6.04. The molecule has 2 aromatic rings. The zero-order valence-electron chi connectivity index (χ0n) is 12.7. The smallest absolute Gasteiger partial charge is 0.256 e. The predicted molar refractivity (Wildman–Crippen MR) is 81.7 cm³/mol. The Bertz CT molecular complexity index is 671. The average molecular weight is 301 g/mol. The monoisotopic (exact) mass is 301 g/mol. The second-order valence-corrected chi connectivity index (χ2v) is 5.39. The van der Waals surface area contributed by atoms with E-state index in [1.165, 1.54) is 0 Å². The molecule has 0 spiro atoms. The van der Waals surface area contributed by atoms with Crippen LogP contribution in [0.3, 0.4) is 0 Å². The molecule has 0 saturated carbocycles. The number of ether oxygens (including phenoxy) is 2. The maximum absolute atomic E-state index is 13.0. The van der Waals surface area contributed by atoms with Gasteiger partial charge in [-0.05, 0) is 18.6 Å². The summed E-state index contributed by atoms with van der Waals surface area (Å²) in [4.78, 5) is 23.3. The zero-order valence-corrected chi connectivity index (χ0v) is 12.7. The normalized spacial score (nSPS) is 21.5. The van der Waals surface area contributed by atoms with Crippen molar-refractivity contribution in [3.63, 3.8) is 0 Å². The number of carbonyl (C=O) groups is 1. The van der Waals surface area contributed by atoms with Gasteiger partial charge in [0.05, 0.1) is 29.8 Å². The third-order valence-corrected chi connectivity index (χ3v) is 4.06. The van der Waals surface area contributed by atoms with Gasteiger partial charge in [-0.15, -0.1) is 0 Å². The first-order valence-corrected chi connectivity index (χ1v) is 7.27. The second-order valence-electron chi connectivity index (χ2n) is 5.39. The minimum atomic E-state index is -0.0484. The number of methoxy groups -OCH3 is 2. The first-order valence-electron chi connectivity index (χ1n) is 7.27. The van der Waals surface area contributed by atoms with E-state index >= 15 is 0 Å². The Kier molecular flexibility index (Phi) is 4.31. The third kappa shape index (κ3) is 2.67. The van der Waals surface area contributed by atoms with Crippen molar-refractivity contribution in [2.75, 3.05) is 27.4 Å². The molecular formula is C16H19N3O3. The Labute approximate surface area is 129 Å².